The minimum absolute atomic E-state index is 0.0494. The van der Waals surface area contributed by atoms with E-state index >= 15 is 4.39 Å². The van der Waals surface area contributed by atoms with Crippen LogP contribution < -0.4 is 20.9 Å². The fraction of sp³-hybridized carbons (Fsp3) is 0.447. The molecule has 0 spiro atoms. The second-order valence-electron chi connectivity index (χ2n) is 14.4. The number of methoxy groups -OCH3 is 1. The lowest BCUT2D eigenvalue weighted by atomic mass is 9.86. The molecule has 2 aromatic heterocycles. The number of aromatic nitrogens is 3. The molecule has 3 fully saturated rings. The number of piperidine rings is 3. The fourth-order valence-electron chi connectivity index (χ4n) is 7.75. The van der Waals surface area contributed by atoms with Gasteiger partial charge < -0.3 is 24.6 Å². The molecule has 5 heterocycles. The molecule has 13 nitrogen and oxygen atoms in total. The highest BCUT2D eigenvalue weighted by atomic mass is 19.1. The molecule has 3 aliphatic rings. The zero-order chi connectivity index (χ0) is 36.6. The Morgan fingerprint density at radius 3 is 2.50 bits per heavy atom. The number of halogens is 1. The molecule has 1 unspecified atom stereocenters. The van der Waals surface area contributed by atoms with Crippen LogP contribution in [0.4, 0.5) is 10.1 Å². The Balaban J connectivity index is 0.906. The van der Waals surface area contributed by atoms with E-state index in [4.69, 9.17) is 4.74 Å². The summed E-state index contributed by atoms with van der Waals surface area (Å²) in [5.74, 6) is -0.331. The molecule has 274 valence electrons. The summed E-state index contributed by atoms with van der Waals surface area (Å²) in [6, 6.07) is 10.8. The van der Waals surface area contributed by atoms with Crippen LogP contribution in [0.15, 0.2) is 53.6 Å². The van der Waals surface area contributed by atoms with E-state index in [9.17, 15) is 24.3 Å². The highest BCUT2D eigenvalue weighted by molar-refractivity contribution is 6.01. The number of benzene rings is 2. The number of amides is 3. The molecule has 52 heavy (non-hydrogen) atoms. The first kappa shape index (κ1) is 35.3. The van der Waals surface area contributed by atoms with Gasteiger partial charge in [0, 0.05) is 74.6 Å². The topological polar surface area (TPSA) is 162 Å². The van der Waals surface area contributed by atoms with Gasteiger partial charge in [0.05, 0.1) is 25.3 Å². The molecule has 3 saturated heterocycles. The number of nitrogens with one attached hydrogen (secondary N) is 3. The number of rotatable bonds is 9. The summed E-state index contributed by atoms with van der Waals surface area (Å²) in [4.78, 5) is 53.3. The SMILES string of the molecule is COc1cc(-c2cn(C)c(=O)c3[nH]ncc23)cc(F)c1CN1CCC(O)(CC(=O)N2CCC(c3ccc(NC4CCC(=O)NC4=O)cc3)CC2)CC1. The van der Waals surface area contributed by atoms with Crippen LogP contribution >= 0.6 is 0 Å². The molecule has 2 aromatic carbocycles. The maximum atomic E-state index is 15.7. The molecule has 0 aliphatic carbocycles. The fourth-order valence-corrected chi connectivity index (χ4v) is 7.75. The summed E-state index contributed by atoms with van der Waals surface area (Å²) in [7, 11) is 3.13. The van der Waals surface area contributed by atoms with Crippen LogP contribution in [0.3, 0.4) is 0 Å². The normalized spacial score (nSPS) is 19.8. The Morgan fingerprint density at radius 1 is 1.08 bits per heavy atom. The minimum Gasteiger partial charge on any atom is -0.496 e. The van der Waals surface area contributed by atoms with Crippen molar-refractivity contribution in [2.45, 2.75) is 69.1 Å². The van der Waals surface area contributed by atoms with Gasteiger partial charge in [0.15, 0.2) is 0 Å². The number of hydrogen-bond acceptors (Lipinski definition) is 9. The van der Waals surface area contributed by atoms with Crippen LogP contribution in [-0.4, -0.2) is 92.3 Å². The molecule has 0 bridgehead atoms. The van der Waals surface area contributed by atoms with Crippen LogP contribution in [0, 0.1) is 5.82 Å². The standard InChI is InChI=1S/C38H44FN7O6/c1-44-21-28(27-20-40-43-35(27)37(44)50)25-17-30(39)29(32(18-25)52-2)22-45-15-11-38(51,12-16-45)19-34(48)46-13-9-24(10-14-46)23-3-5-26(6-4-23)41-31-7-8-33(47)42-36(31)49/h3-6,17-18,20-21,24,31,41,51H,7-16,19,22H2,1-2H3,(H,40,43)(H,42,47,49). The second-order valence-corrected chi connectivity index (χ2v) is 14.4. The number of aryl methyl sites for hydroxylation is 1. The van der Waals surface area contributed by atoms with E-state index in [0.717, 1.165) is 18.5 Å². The van der Waals surface area contributed by atoms with Crippen molar-refractivity contribution < 1.29 is 28.6 Å². The number of H-pyrrole nitrogens is 1. The molecule has 3 amide bonds. The van der Waals surface area contributed by atoms with E-state index in [-0.39, 0.29) is 36.2 Å². The Kier molecular flexibility index (Phi) is 9.86. The first-order valence-corrected chi connectivity index (χ1v) is 17.8. The molecule has 7 rings (SSSR count). The summed E-state index contributed by atoms with van der Waals surface area (Å²) in [5, 5.41) is 24.3. The lowest BCUT2D eigenvalue weighted by Crippen LogP contribution is -2.48. The van der Waals surface area contributed by atoms with Crippen molar-refractivity contribution in [2.24, 2.45) is 7.05 Å². The smallest absolute Gasteiger partial charge is 0.276 e. The molecule has 0 saturated carbocycles. The molecule has 1 atom stereocenters. The van der Waals surface area contributed by atoms with Gasteiger partial charge >= 0.3 is 0 Å². The van der Waals surface area contributed by atoms with Crippen LogP contribution in [-0.2, 0) is 28.0 Å². The van der Waals surface area contributed by atoms with Gasteiger partial charge in [-0.15, -0.1) is 0 Å². The molecule has 0 radical (unpaired) electrons. The minimum atomic E-state index is -1.12. The predicted octanol–water partition coefficient (Wildman–Crippen LogP) is 3.42. The molecular weight excluding hydrogens is 669 g/mol. The Labute approximate surface area is 300 Å². The van der Waals surface area contributed by atoms with Gasteiger partial charge in [0.25, 0.3) is 5.56 Å². The Hall–Kier alpha value is -5.08. The Bertz CT molecular complexity index is 2040. The quantitative estimate of drug-likeness (QED) is 0.191. The molecule has 14 heteroatoms. The number of imide groups is 1. The van der Waals surface area contributed by atoms with Crippen molar-refractivity contribution in [3.63, 3.8) is 0 Å². The van der Waals surface area contributed by atoms with E-state index < -0.39 is 17.5 Å². The maximum absolute atomic E-state index is 15.7. The summed E-state index contributed by atoms with van der Waals surface area (Å²) in [6.07, 6.45) is 6.49. The van der Waals surface area contributed by atoms with E-state index in [1.54, 1.807) is 25.5 Å². The van der Waals surface area contributed by atoms with E-state index in [1.165, 1.54) is 23.3 Å². The van der Waals surface area contributed by atoms with Crippen molar-refractivity contribution in [1.82, 2.24) is 29.9 Å². The highest BCUT2D eigenvalue weighted by Crippen LogP contribution is 2.36. The maximum Gasteiger partial charge on any atom is 0.276 e. The summed E-state index contributed by atoms with van der Waals surface area (Å²) >= 11 is 0. The molecular formula is C38H44FN7O6. The van der Waals surface area contributed by atoms with Crippen molar-refractivity contribution >= 4 is 34.3 Å². The number of fused-ring (bicyclic) bond motifs is 1. The number of carbonyl (C=O) groups is 3. The summed E-state index contributed by atoms with van der Waals surface area (Å²) < 4.78 is 22.8. The summed E-state index contributed by atoms with van der Waals surface area (Å²) in [5.41, 5.74) is 2.62. The molecule has 3 aliphatic heterocycles. The van der Waals surface area contributed by atoms with Crippen molar-refractivity contribution in [1.29, 1.82) is 0 Å². The zero-order valence-electron chi connectivity index (χ0n) is 29.4. The first-order chi connectivity index (χ1) is 25.0. The van der Waals surface area contributed by atoms with Crippen LogP contribution in [0.2, 0.25) is 0 Å². The van der Waals surface area contributed by atoms with Gasteiger partial charge in [0.2, 0.25) is 17.7 Å². The van der Waals surface area contributed by atoms with Gasteiger partial charge in [-0.1, -0.05) is 12.1 Å². The number of aromatic amines is 1. The van der Waals surface area contributed by atoms with E-state index in [2.05, 4.69) is 37.9 Å². The van der Waals surface area contributed by atoms with Gasteiger partial charge in [0.1, 0.15) is 23.1 Å². The predicted molar refractivity (Wildman–Crippen MR) is 192 cm³/mol. The third-order valence-corrected chi connectivity index (χ3v) is 10.9. The van der Waals surface area contributed by atoms with Crippen LogP contribution in [0.1, 0.15) is 62.0 Å². The molecule has 4 aromatic rings. The van der Waals surface area contributed by atoms with Gasteiger partial charge in [-0.25, -0.2) is 4.39 Å². The van der Waals surface area contributed by atoms with E-state index in [1.807, 2.05) is 17.0 Å². The first-order valence-electron chi connectivity index (χ1n) is 17.8. The van der Waals surface area contributed by atoms with Crippen molar-refractivity contribution in [3.05, 3.63) is 76.1 Å². The van der Waals surface area contributed by atoms with Gasteiger partial charge in [-0.05, 0) is 73.4 Å². The van der Waals surface area contributed by atoms with Crippen LogP contribution in [0.25, 0.3) is 22.0 Å². The van der Waals surface area contributed by atoms with Gasteiger partial charge in [-0.2, -0.15) is 5.10 Å². The lowest BCUT2D eigenvalue weighted by molar-refractivity contribution is -0.140. The number of nitrogens with zero attached hydrogens (tertiary/aromatic N) is 4. The van der Waals surface area contributed by atoms with Crippen molar-refractivity contribution in [2.75, 3.05) is 38.6 Å². The molecule has 4 N–H and O–H groups in total. The number of ether oxygens (including phenoxy) is 1. The average molecular weight is 714 g/mol. The largest absolute Gasteiger partial charge is 0.496 e. The summed E-state index contributed by atoms with van der Waals surface area (Å²) in [6.45, 7) is 2.52. The van der Waals surface area contributed by atoms with Crippen LogP contribution in [0.5, 0.6) is 5.75 Å². The number of aliphatic hydroxyl groups is 1. The number of likely N-dealkylation sites (tertiary alicyclic amines) is 2. The third kappa shape index (κ3) is 7.30. The number of anilines is 1. The zero-order valence-corrected chi connectivity index (χ0v) is 29.4. The average Bonchev–Trinajstić information content (AvgIpc) is 3.64. The highest BCUT2D eigenvalue weighted by Gasteiger charge is 2.37. The number of carbonyl (C=O) groups excluding carboxylic acids is 3. The number of pyridine rings is 1. The Morgan fingerprint density at radius 2 is 1.81 bits per heavy atom. The van der Waals surface area contributed by atoms with E-state index in [0.29, 0.717) is 91.1 Å². The third-order valence-electron chi connectivity index (χ3n) is 10.9. The lowest BCUT2D eigenvalue weighted by Gasteiger charge is -2.40. The number of hydrogen-bond donors (Lipinski definition) is 4. The van der Waals surface area contributed by atoms with Gasteiger partial charge in [-0.3, -0.25) is 34.5 Å². The van der Waals surface area contributed by atoms with Crippen molar-refractivity contribution in [3.8, 4) is 16.9 Å². The second kappa shape index (κ2) is 14.5. The monoisotopic (exact) mass is 713 g/mol.